The lowest BCUT2D eigenvalue weighted by Gasteiger charge is -2.19. The van der Waals surface area contributed by atoms with Crippen molar-refractivity contribution < 1.29 is 37.6 Å². The molecule has 0 aromatic heterocycles. The van der Waals surface area contributed by atoms with Gasteiger partial charge in [0.05, 0.1) is 13.2 Å². The van der Waals surface area contributed by atoms with Gasteiger partial charge in [-0.2, -0.15) is 0 Å². The Hall–Kier alpha value is -1.51. The highest BCUT2D eigenvalue weighted by atomic mass is 31.2. The van der Waals surface area contributed by atoms with Crippen molar-refractivity contribution in [3.05, 3.63) is 24.3 Å². The molecule has 9 nitrogen and oxygen atoms in total. The van der Waals surface area contributed by atoms with Gasteiger partial charge in [0.2, 0.25) is 0 Å². The lowest BCUT2D eigenvalue weighted by atomic mass is 10.1. The van der Waals surface area contributed by atoms with Crippen molar-refractivity contribution in [1.29, 1.82) is 0 Å². The third-order valence-corrected chi connectivity index (χ3v) is 10.8. The van der Waals surface area contributed by atoms with Gasteiger partial charge in [-0.15, -0.1) is 0 Å². The van der Waals surface area contributed by atoms with E-state index in [1.54, 1.807) is 0 Å². The minimum atomic E-state index is -4.38. The summed E-state index contributed by atoms with van der Waals surface area (Å²) in [4.78, 5) is 34.9. The monoisotopic (exact) mass is 800 g/mol. The summed E-state index contributed by atoms with van der Waals surface area (Å²) in [5.74, 6) is -0.834. The van der Waals surface area contributed by atoms with Crippen molar-refractivity contribution in [3.8, 4) is 0 Å². The molecule has 0 aromatic carbocycles. The van der Waals surface area contributed by atoms with Crippen LogP contribution in [0.15, 0.2) is 24.3 Å². The van der Waals surface area contributed by atoms with Crippen LogP contribution in [0.25, 0.3) is 0 Å². The fraction of sp³-hybridized carbons (Fsp3) is 0.867. The molecule has 0 rings (SSSR count). The molecule has 0 aliphatic rings. The van der Waals surface area contributed by atoms with Crippen molar-refractivity contribution in [2.75, 3.05) is 26.4 Å². The Labute approximate surface area is 338 Å². The van der Waals surface area contributed by atoms with Crippen LogP contribution >= 0.6 is 7.82 Å². The van der Waals surface area contributed by atoms with Crippen LogP contribution < -0.4 is 5.73 Å². The number of esters is 2. The SMILES string of the molecule is CCCCCCCCC=CCCCCCCCCCCCC(=O)O[C@H](COC(=O)CCCCCCCC=CCCCCCCCC)COP(=O)(O)OCCN. The maximum Gasteiger partial charge on any atom is 0.472 e. The molecular formula is C45H86NO8P. The summed E-state index contributed by atoms with van der Waals surface area (Å²) in [5, 5.41) is 0. The molecule has 55 heavy (non-hydrogen) atoms. The van der Waals surface area contributed by atoms with Crippen molar-refractivity contribution in [1.82, 2.24) is 0 Å². The predicted molar refractivity (Wildman–Crippen MR) is 229 cm³/mol. The highest BCUT2D eigenvalue weighted by Gasteiger charge is 2.26. The first-order valence-corrected chi connectivity index (χ1v) is 24.3. The summed E-state index contributed by atoms with van der Waals surface area (Å²) >= 11 is 0. The standard InChI is InChI=1S/C45H86NO8P/c1-3-5-7-9-11-13-15-17-19-20-21-22-24-26-28-30-32-34-36-38-45(48)54-43(42-53-55(49,50)52-40-39-46)41-51-44(47)37-35-33-31-29-27-25-23-18-16-14-12-10-8-6-4-2/h17-19,23,43H,3-16,20-22,24-42,46H2,1-2H3,(H,49,50)/t43-/m1/s1. The zero-order valence-electron chi connectivity index (χ0n) is 35.7. The van der Waals surface area contributed by atoms with Gasteiger partial charge in [0, 0.05) is 19.4 Å². The summed E-state index contributed by atoms with van der Waals surface area (Å²) in [7, 11) is -4.38. The van der Waals surface area contributed by atoms with Gasteiger partial charge in [-0.05, 0) is 64.2 Å². The molecule has 2 atom stereocenters. The molecule has 3 N–H and O–H groups in total. The number of carbonyl (C=O) groups is 2. The van der Waals surface area contributed by atoms with Gasteiger partial charge in [0.15, 0.2) is 6.10 Å². The molecule has 0 amide bonds. The van der Waals surface area contributed by atoms with Crippen LogP contribution in [0.3, 0.4) is 0 Å². The molecule has 0 aromatic rings. The number of phosphoric ester groups is 1. The summed E-state index contributed by atoms with van der Waals surface area (Å²) < 4.78 is 32.8. The summed E-state index contributed by atoms with van der Waals surface area (Å²) in [5.41, 5.74) is 5.35. The van der Waals surface area contributed by atoms with Gasteiger partial charge in [-0.25, -0.2) is 4.57 Å². The lowest BCUT2D eigenvalue weighted by molar-refractivity contribution is -0.161. The Bertz CT molecular complexity index is 959. The Morgan fingerprint density at radius 1 is 0.527 bits per heavy atom. The number of carbonyl (C=O) groups excluding carboxylic acids is 2. The van der Waals surface area contributed by atoms with Gasteiger partial charge in [-0.1, -0.05) is 167 Å². The molecule has 0 bridgehead atoms. The highest BCUT2D eigenvalue weighted by molar-refractivity contribution is 7.47. The molecule has 0 spiro atoms. The summed E-state index contributed by atoms with van der Waals surface area (Å²) in [6, 6.07) is 0. The molecule has 0 aliphatic carbocycles. The second kappa shape index (κ2) is 42.1. The maximum atomic E-state index is 12.6. The van der Waals surface area contributed by atoms with Crippen molar-refractivity contribution >= 4 is 19.8 Å². The van der Waals surface area contributed by atoms with E-state index in [1.807, 2.05) is 0 Å². The molecule has 0 saturated heterocycles. The van der Waals surface area contributed by atoms with Crippen LogP contribution in [0.1, 0.15) is 219 Å². The van der Waals surface area contributed by atoms with E-state index in [4.69, 9.17) is 24.3 Å². The molecule has 0 saturated carbocycles. The van der Waals surface area contributed by atoms with Gasteiger partial charge < -0.3 is 20.1 Å². The van der Waals surface area contributed by atoms with E-state index in [9.17, 15) is 19.0 Å². The Morgan fingerprint density at radius 2 is 0.891 bits per heavy atom. The van der Waals surface area contributed by atoms with E-state index in [-0.39, 0.29) is 38.6 Å². The smallest absolute Gasteiger partial charge is 0.462 e. The normalized spacial score (nSPS) is 13.5. The fourth-order valence-corrected chi connectivity index (χ4v) is 7.15. The first-order chi connectivity index (χ1) is 26.8. The average molecular weight is 800 g/mol. The van der Waals surface area contributed by atoms with Crippen LogP contribution in [-0.4, -0.2) is 49.3 Å². The number of allylic oxidation sites excluding steroid dienone is 4. The van der Waals surface area contributed by atoms with Crippen LogP contribution in [0, 0.1) is 0 Å². The van der Waals surface area contributed by atoms with E-state index in [2.05, 4.69) is 38.2 Å². The Kier molecular flexibility index (Phi) is 40.9. The average Bonchev–Trinajstić information content (AvgIpc) is 3.17. The van der Waals surface area contributed by atoms with Crippen LogP contribution in [0.5, 0.6) is 0 Å². The van der Waals surface area contributed by atoms with Gasteiger partial charge in [-0.3, -0.25) is 18.6 Å². The number of ether oxygens (including phenoxy) is 2. The number of rotatable bonds is 43. The number of unbranched alkanes of at least 4 members (excludes halogenated alkanes) is 26. The first-order valence-electron chi connectivity index (χ1n) is 22.8. The number of nitrogens with two attached hydrogens (primary N) is 1. The summed E-state index contributed by atoms with van der Waals surface area (Å²) in [6.07, 6.45) is 44.9. The molecule has 0 heterocycles. The van der Waals surface area contributed by atoms with Gasteiger partial charge in [0.1, 0.15) is 6.61 Å². The Morgan fingerprint density at radius 3 is 1.29 bits per heavy atom. The summed E-state index contributed by atoms with van der Waals surface area (Å²) in [6.45, 7) is 3.73. The molecular weight excluding hydrogens is 713 g/mol. The highest BCUT2D eigenvalue weighted by Crippen LogP contribution is 2.43. The van der Waals surface area contributed by atoms with E-state index < -0.39 is 26.5 Å². The molecule has 0 fully saturated rings. The zero-order chi connectivity index (χ0) is 40.3. The fourth-order valence-electron chi connectivity index (χ4n) is 6.39. The molecule has 324 valence electrons. The molecule has 10 heteroatoms. The molecule has 1 unspecified atom stereocenters. The molecule has 0 aliphatic heterocycles. The van der Waals surface area contributed by atoms with Gasteiger partial charge in [0.25, 0.3) is 0 Å². The second-order valence-electron chi connectivity index (χ2n) is 15.3. The quantitative estimate of drug-likeness (QED) is 0.0267. The maximum absolute atomic E-state index is 12.6. The topological polar surface area (TPSA) is 134 Å². The number of hydrogen-bond donors (Lipinski definition) is 2. The van der Waals surface area contributed by atoms with Gasteiger partial charge >= 0.3 is 19.8 Å². The largest absolute Gasteiger partial charge is 0.472 e. The van der Waals surface area contributed by atoms with Crippen molar-refractivity contribution in [2.24, 2.45) is 5.73 Å². The lowest BCUT2D eigenvalue weighted by Crippen LogP contribution is -2.29. The van der Waals surface area contributed by atoms with E-state index in [0.717, 1.165) is 57.8 Å². The molecule has 0 radical (unpaired) electrons. The minimum Gasteiger partial charge on any atom is -0.462 e. The predicted octanol–water partition coefficient (Wildman–Crippen LogP) is 13.2. The van der Waals surface area contributed by atoms with Crippen LogP contribution in [-0.2, 0) is 32.7 Å². The number of hydrogen-bond acceptors (Lipinski definition) is 8. The minimum absolute atomic E-state index is 0.0531. The zero-order valence-corrected chi connectivity index (χ0v) is 36.6. The van der Waals surface area contributed by atoms with E-state index >= 15 is 0 Å². The van der Waals surface area contributed by atoms with Crippen LogP contribution in [0.2, 0.25) is 0 Å². The first kappa shape index (κ1) is 53.5. The number of phosphoric acid groups is 1. The van der Waals surface area contributed by atoms with Crippen molar-refractivity contribution in [3.63, 3.8) is 0 Å². The Balaban J connectivity index is 4.11. The third kappa shape index (κ3) is 41.9. The third-order valence-electron chi connectivity index (χ3n) is 9.81. The van der Waals surface area contributed by atoms with Crippen molar-refractivity contribution in [2.45, 2.75) is 225 Å². The second-order valence-corrected chi connectivity index (χ2v) is 16.7. The van der Waals surface area contributed by atoms with Crippen LogP contribution in [0.4, 0.5) is 0 Å². The van der Waals surface area contributed by atoms with E-state index in [0.29, 0.717) is 6.42 Å². The van der Waals surface area contributed by atoms with E-state index in [1.165, 1.54) is 128 Å².